The molecule has 0 saturated heterocycles. The minimum atomic E-state index is 0.0266. The number of rotatable bonds is 7. The van der Waals surface area contributed by atoms with Gasteiger partial charge in [0.1, 0.15) is 5.75 Å². The van der Waals surface area contributed by atoms with Crippen LogP contribution < -0.4 is 10.1 Å². The van der Waals surface area contributed by atoms with E-state index in [1.807, 2.05) is 48.5 Å². The Hall–Kier alpha value is -1.81. The molecule has 0 spiro atoms. The fourth-order valence-electron chi connectivity index (χ4n) is 2.14. The van der Waals surface area contributed by atoms with Crippen molar-refractivity contribution in [2.45, 2.75) is 26.2 Å². The summed E-state index contributed by atoms with van der Waals surface area (Å²) in [7, 11) is 0. The van der Waals surface area contributed by atoms with Crippen molar-refractivity contribution >= 4 is 27.5 Å². The largest absolute Gasteiger partial charge is 0.494 e. The molecule has 1 N–H and O–H groups in total. The lowest BCUT2D eigenvalue weighted by atomic mass is 10.1. The van der Waals surface area contributed by atoms with Gasteiger partial charge in [0.25, 0.3) is 0 Å². The fourth-order valence-corrected chi connectivity index (χ4v) is 2.52. The molecular formula is C18H20BrNO2. The molecule has 0 unspecified atom stereocenters. The first kappa shape index (κ1) is 16.6. The summed E-state index contributed by atoms with van der Waals surface area (Å²) in [5.41, 5.74) is 2.06. The van der Waals surface area contributed by atoms with Crippen molar-refractivity contribution < 1.29 is 9.53 Å². The van der Waals surface area contributed by atoms with Crippen LogP contribution in [0.5, 0.6) is 5.75 Å². The Kier molecular flexibility index (Phi) is 6.46. The lowest BCUT2D eigenvalue weighted by Gasteiger charge is -2.10. The maximum atomic E-state index is 12.0. The number of anilines is 1. The Morgan fingerprint density at radius 3 is 2.77 bits per heavy atom. The molecule has 0 saturated carbocycles. The third-order valence-electron chi connectivity index (χ3n) is 3.29. The predicted octanol–water partition coefficient (Wildman–Crippen LogP) is 4.81. The maximum absolute atomic E-state index is 12.0. The maximum Gasteiger partial charge on any atom is 0.224 e. The molecule has 0 aromatic heterocycles. The van der Waals surface area contributed by atoms with E-state index >= 15 is 0 Å². The second-order valence-corrected chi connectivity index (χ2v) is 5.88. The van der Waals surface area contributed by atoms with Crippen LogP contribution in [0.2, 0.25) is 0 Å². The molecule has 2 aromatic carbocycles. The van der Waals surface area contributed by atoms with Crippen LogP contribution in [0.15, 0.2) is 53.0 Å². The molecule has 0 aliphatic heterocycles. The molecule has 22 heavy (non-hydrogen) atoms. The van der Waals surface area contributed by atoms with Crippen LogP contribution in [0.25, 0.3) is 0 Å². The summed E-state index contributed by atoms with van der Waals surface area (Å²) in [5.74, 6) is 0.838. The van der Waals surface area contributed by atoms with Gasteiger partial charge in [0.2, 0.25) is 5.91 Å². The molecule has 0 atom stereocenters. The molecule has 0 fully saturated rings. The van der Waals surface area contributed by atoms with Gasteiger partial charge in [-0.3, -0.25) is 4.79 Å². The molecule has 4 heteroatoms. The van der Waals surface area contributed by atoms with Crippen LogP contribution in [-0.4, -0.2) is 12.5 Å². The zero-order valence-electron chi connectivity index (χ0n) is 12.6. The molecule has 0 heterocycles. The van der Waals surface area contributed by atoms with E-state index < -0.39 is 0 Å². The number of amides is 1. The summed E-state index contributed by atoms with van der Waals surface area (Å²) in [6, 6.07) is 15.6. The number of benzene rings is 2. The molecule has 1 amide bonds. The average molecular weight is 362 g/mol. The van der Waals surface area contributed by atoms with Gasteiger partial charge in [-0.15, -0.1) is 0 Å². The van der Waals surface area contributed by atoms with Crippen LogP contribution in [0.3, 0.4) is 0 Å². The van der Waals surface area contributed by atoms with Gasteiger partial charge in [-0.1, -0.05) is 47.1 Å². The number of carbonyl (C=O) groups is 1. The van der Waals surface area contributed by atoms with Crippen molar-refractivity contribution in [1.29, 1.82) is 0 Å². The van der Waals surface area contributed by atoms with Crippen molar-refractivity contribution in [2.75, 3.05) is 11.9 Å². The number of halogens is 1. The van der Waals surface area contributed by atoms with Gasteiger partial charge in [-0.05, 0) is 42.7 Å². The van der Waals surface area contributed by atoms with Crippen molar-refractivity contribution in [3.63, 3.8) is 0 Å². The van der Waals surface area contributed by atoms with Gasteiger partial charge < -0.3 is 10.1 Å². The second-order valence-electron chi connectivity index (χ2n) is 4.97. The summed E-state index contributed by atoms with van der Waals surface area (Å²) in [6.07, 6.45) is 2.04. The van der Waals surface area contributed by atoms with Crippen LogP contribution in [0, 0.1) is 0 Å². The zero-order valence-corrected chi connectivity index (χ0v) is 14.2. The van der Waals surface area contributed by atoms with Crippen LogP contribution >= 0.6 is 15.9 Å². The van der Waals surface area contributed by atoms with Gasteiger partial charge in [0, 0.05) is 16.6 Å². The topological polar surface area (TPSA) is 38.3 Å². The highest BCUT2D eigenvalue weighted by Crippen LogP contribution is 2.18. The van der Waals surface area contributed by atoms with E-state index in [0.717, 1.165) is 27.9 Å². The lowest BCUT2D eigenvalue weighted by Crippen LogP contribution is -2.14. The predicted molar refractivity (Wildman–Crippen MR) is 93.3 cm³/mol. The van der Waals surface area contributed by atoms with E-state index in [4.69, 9.17) is 4.74 Å². The average Bonchev–Trinajstić information content (AvgIpc) is 2.52. The van der Waals surface area contributed by atoms with Gasteiger partial charge >= 0.3 is 0 Å². The number of hydrogen-bond acceptors (Lipinski definition) is 2. The van der Waals surface area contributed by atoms with E-state index in [2.05, 4.69) is 28.2 Å². The highest BCUT2D eigenvalue weighted by atomic mass is 79.9. The Balaban J connectivity index is 1.74. The summed E-state index contributed by atoms with van der Waals surface area (Å²) < 4.78 is 6.61. The van der Waals surface area contributed by atoms with Crippen molar-refractivity contribution in [2.24, 2.45) is 0 Å². The Morgan fingerprint density at radius 1 is 1.18 bits per heavy atom. The lowest BCUT2D eigenvalue weighted by molar-refractivity contribution is -0.116. The van der Waals surface area contributed by atoms with Crippen LogP contribution in [-0.2, 0) is 11.2 Å². The standard InChI is InChI=1S/C18H20BrNO2/c1-2-14-7-3-4-10-17(14)20-18(21)11-6-12-22-16-9-5-8-15(19)13-16/h3-5,7-10,13H,2,6,11-12H2,1H3,(H,20,21). The summed E-state index contributed by atoms with van der Waals surface area (Å²) in [6.45, 7) is 2.61. The Morgan fingerprint density at radius 2 is 2.00 bits per heavy atom. The summed E-state index contributed by atoms with van der Waals surface area (Å²) in [4.78, 5) is 12.0. The minimum Gasteiger partial charge on any atom is -0.494 e. The Bertz CT molecular complexity index is 628. The van der Waals surface area contributed by atoms with Crippen LogP contribution in [0.1, 0.15) is 25.3 Å². The number of aryl methyl sites for hydroxylation is 1. The van der Waals surface area contributed by atoms with Gasteiger partial charge in [-0.2, -0.15) is 0 Å². The molecule has 0 aliphatic rings. The van der Waals surface area contributed by atoms with Crippen LogP contribution in [0.4, 0.5) is 5.69 Å². The highest BCUT2D eigenvalue weighted by Gasteiger charge is 2.05. The zero-order chi connectivity index (χ0) is 15.8. The van der Waals surface area contributed by atoms with E-state index in [-0.39, 0.29) is 5.91 Å². The Labute approximate surface area is 139 Å². The number of hydrogen-bond donors (Lipinski definition) is 1. The first-order valence-corrected chi connectivity index (χ1v) is 8.24. The molecule has 0 aliphatic carbocycles. The number of ether oxygens (including phenoxy) is 1. The molecule has 3 nitrogen and oxygen atoms in total. The van der Waals surface area contributed by atoms with Crippen molar-refractivity contribution in [1.82, 2.24) is 0 Å². The van der Waals surface area contributed by atoms with E-state index in [1.54, 1.807) is 0 Å². The molecular weight excluding hydrogens is 342 g/mol. The smallest absolute Gasteiger partial charge is 0.224 e. The number of para-hydroxylation sites is 1. The van der Waals surface area contributed by atoms with Gasteiger partial charge in [-0.25, -0.2) is 0 Å². The monoisotopic (exact) mass is 361 g/mol. The molecule has 2 aromatic rings. The molecule has 0 bridgehead atoms. The van der Waals surface area contributed by atoms with Gasteiger partial charge in [0.15, 0.2) is 0 Å². The van der Waals surface area contributed by atoms with Crippen molar-refractivity contribution in [3.05, 3.63) is 58.6 Å². The third-order valence-corrected chi connectivity index (χ3v) is 3.78. The first-order chi connectivity index (χ1) is 10.7. The quantitative estimate of drug-likeness (QED) is 0.718. The van der Waals surface area contributed by atoms with E-state index in [0.29, 0.717) is 19.4 Å². The van der Waals surface area contributed by atoms with E-state index in [1.165, 1.54) is 0 Å². The van der Waals surface area contributed by atoms with Gasteiger partial charge in [0.05, 0.1) is 6.61 Å². The first-order valence-electron chi connectivity index (χ1n) is 7.45. The number of nitrogens with one attached hydrogen (secondary N) is 1. The summed E-state index contributed by atoms with van der Waals surface area (Å²) in [5, 5.41) is 2.97. The molecule has 0 radical (unpaired) electrons. The molecule has 116 valence electrons. The second kappa shape index (κ2) is 8.59. The normalized spacial score (nSPS) is 10.3. The fraction of sp³-hybridized carbons (Fsp3) is 0.278. The third kappa shape index (κ3) is 5.19. The van der Waals surface area contributed by atoms with E-state index in [9.17, 15) is 4.79 Å². The number of carbonyl (C=O) groups excluding carboxylic acids is 1. The highest BCUT2D eigenvalue weighted by molar-refractivity contribution is 9.10. The minimum absolute atomic E-state index is 0.0266. The van der Waals surface area contributed by atoms with Crippen molar-refractivity contribution in [3.8, 4) is 5.75 Å². The molecule has 2 rings (SSSR count). The summed E-state index contributed by atoms with van der Waals surface area (Å²) >= 11 is 3.40. The SMILES string of the molecule is CCc1ccccc1NC(=O)CCCOc1cccc(Br)c1.